The van der Waals surface area contributed by atoms with Crippen LogP contribution in [0.4, 0.5) is 17.1 Å². The first-order valence-corrected chi connectivity index (χ1v) is 12.1. The van der Waals surface area contributed by atoms with E-state index in [0.29, 0.717) is 37.4 Å². The van der Waals surface area contributed by atoms with Crippen LogP contribution in [0.2, 0.25) is 0 Å². The van der Waals surface area contributed by atoms with Gasteiger partial charge in [-0.3, -0.25) is 24.6 Å². The molecule has 4 rings (SSSR count). The number of nitro benzene ring substituents is 1. The van der Waals surface area contributed by atoms with Gasteiger partial charge in [0.25, 0.3) is 11.6 Å². The summed E-state index contributed by atoms with van der Waals surface area (Å²) in [6, 6.07) is 13.7. The fourth-order valence-electron chi connectivity index (χ4n) is 4.05. The first kappa shape index (κ1) is 23.1. The van der Waals surface area contributed by atoms with E-state index in [1.54, 1.807) is 36.4 Å². The van der Waals surface area contributed by atoms with Gasteiger partial charge in [-0.2, -0.15) is 11.8 Å². The molecule has 0 aliphatic carbocycles. The fraction of sp³-hybridized carbons (Fsp3) is 0.391. The predicted molar refractivity (Wildman–Crippen MR) is 130 cm³/mol. The molecule has 0 unspecified atom stereocenters. The van der Waals surface area contributed by atoms with Crippen molar-refractivity contribution in [2.45, 2.75) is 0 Å². The summed E-state index contributed by atoms with van der Waals surface area (Å²) in [6.07, 6.45) is 0. The lowest BCUT2D eigenvalue weighted by molar-refractivity contribution is -0.384. The van der Waals surface area contributed by atoms with Gasteiger partial charge in [0.05, 0.1) is 11.5 Å². The van der Waals surface area contributed by atoms with E-state index in [1.165, 1.54) is 6.07 Å². The summed E-state index contributed by atoms with van der Waals surface area (Å²) in [6.45, 7) is 4.50. The summed E-state index contributed by atoms with van der Waals surface area (Å²) in [5, 5.41) is 13.9. The number of thioether (sulfide) groups is 1. The van der Waals surface area contributed by atoms with Gasteiger partial charge >= 0.3 is 0 Å². The summed E-state index contributed by atoms with van der Waals surface area (Å²) in [7, 11) is 0. The Bertz CT molecular complexity index is 1020. The third kappa shape index (κ3) is 6.02. The molecule has 1 N–H and O–H groups in total. The van der Waals surface area contributed by atoms with Crippen LogP contribution in [-0.4, -0.2) is 83.9 Å². The Balaban J connectivity index is 1.28. The highest BCUT2D eigenvalue weighted by Crippen LogP contribution is 2.22. The number of hydrogen-bond acceptors (Lipinski definition) is 7. The Morgan fingerprint density at radius 3 is 2.42 bits per heavy atom. The third-order valence-electron chi connectivity index (χ3n) is 5.84. The molecule has 0 spiro atoms. The zero-order valence-corrected chi connectivity index (χ0v) is 19.1. The van der Waals surface area contributed by atoms with E-state index in [-0.39, 0.29) is 24.0 Å². The smallest absolute Gasteiger partial charge is 0.271 e. The minimum Gasteiger partial charge on any atom is -0.369 e. The van der Waals surface area contributed by atoms with Gasteiger partial charge < -0.3 is 15.1 Å². The van der Waals surface area contributed by atoms with Crippen molar-refractivity contribution >= 4 is 40.6 Å². The lowest BCUT2D eigenvalue weighted by Crippen LogP contribution is -2.48. The maximum absolute atomic E-state index is 12.7. The number of hydrogen-bond donors (Lipinski definition) is 1. The van der Waals surface area contributed by atoms with Crippen molar-refractivity contribution in [1.29, 1.82) is 0 Å². The van der Waals surface area contributed by atoms with Gasteiger partial charge in [0.15, 0.2) is 0 Å². The first-order valence-electron chi connectivity index (χ1n) is 11.0. The number of anilines is 2. The molecular weight excluding hydrogens is 442 g/mol. The monoisotopic (exact) mass is 469 g/mol. The minimum absolute atomic E-state index is 0.00340. The Hall–Kier alpha value is -3.11. The van der Waals surface area contributed by atoms with Gasteiger partial charge in [-0.25, -0.2) is 0 Å². The molecule has 0 radical (unpaired) electrons. The maximum Gasteiger partial charge on any atom is 0.271 e. The highest BCUT2D eigenvalue weighted by molar-refractivity contribution is 7.99. The molecule has 174 valence electrons. The molecule has 2 heterocycles. The van der Waals surface area contributed by atoms with Crippen LogP contribution < -0.4 is 10.2 Å². The second-order valence-electron chi connectivity index (χ2n) is 8.07. The number of rotatable bonds is 6. The summed E-state index contributed by atoms with van der Waals surface area (Å²) in [5.41, 5.74) is 2.11. The highest BCUT2D eigenvalue weighted by Gasteiger charge is 2.21. The second kappa shape index (κ2) is 10.7. The minimum atomic E-state index is -0.391. The van der Waals surface area contributed by atoms with Crippen molar-refractivity contribution in [3.05, 3.63) is 64.2 Å². The molecular formula is C23H27N5O4S. The molecule has 0 bridgehead atoms. The molecule has 2 saturated heterocycles. The van der Waals surface area contributed by atoms with Crippen LogP contribution in [0.1, 0.15) is 10.4 Å². The van der Waals surface area contributed by atoms with Crippen molar-refractivity contribution in [1.82, 2.24) is 9.80 Å². The quantitative estimate of drug-likeness (QED) is 0.513. The van der Waals surface area contributed by atoms with E-state index in [0.717, 1.165) is 30.3 Å². The van der Waals surface area contributed by atoms with Crippen molar-refractivity contribution in [3.63, 3.8) is 0 Å². The van der Waals surface area contributed by atoms with Crippen molar-refractivity contribution in [2.75, 3.05) is 67.5 Å². The van der Waals surface area contributed by atoms with Crippen LogP contribution in [0.15, 0.2) is 48.5 Å². The number of benzene rings is 2. The van der Waals surface area contributed by atoms with Gasteiger partial charge in [0, 0.05) is 79.8 Å². The molecule has 0 aromatic heterocycles. The summed E-state index contributed by atoms with van der Waals surface area (Å²) >= 11 is 1.85. The van der Waals surface area contributed by atoms with E-state index in [1.807, 2.05) is 22.7 Å². The molecule has 2 aromatic rings. The SMILES string of the molecule is O=C(CN1CCN(c2cccc([N+](=O)[O-])c2)CC1)Nc1cccc(C(=O)N2CCSCC2)c1. The van der Waals surface area contributed by atoms with Crippen LogP contribution in [0, 0.1) is 10.1 Å². The predicted octanol–water partition coefficient (Wildman–Crippen LogP) is 2.54. The van der Waals surface area contributed by atoms with Crippen molar-refractivity contribution < 1.29 is 14.5 Å². The van der Waals surface area contributed by atoms with Crippen LogP contribution in [0.5, 0.6) is 0 Å². The zero-order valence-electron chi connectivity index (χ0n) is 18.3. The number of carbonyl (C=O) groups is 2. The molecule has 9 nitrogen and oxygen atoms in total. The van der Waals surface area contributed by atoms with Gasteiger partial charge in [0.1, 0.15) is 0 Å². The molecule has 33 heavy (non-hydrogen) atoms. The van der Waals surface area contributed by atoms with Crippen LogP contribution in [-0.2, 0) is 4.79 Å². The molecule has 2 aliphatic heterocycles. The normalized spacial score (nSPS) is 17.0. The lowest BCUT2D eigenvalue weighted by Gasteiger charge is -2.35. The molecule has 2 aliphatic rings. The van der Waals surface area contributed by atoms with E-state index >= 15 is 0 Å². The molecule has 0 atom stereocenters. The van der Waals surface area contributed by atoms with Crippen LogP contribution in [0.25, 0.3) is 0 Å². The van der Waals surface area contributed by atoms with Crippen LogP contribution in [0.3, 0.4) is 0 Å². The van der Waals surface area contributed by atoms with Crippen LogP contribution >= 0.6 is 11.8 Å². The average molecular weight is 470 g/mol. The van der Waals surface area contributed by atoms with E-state index in [4.69, 9.17) is 0 Å². The highest BCUT2D eigenvalue weighted by atomic mass is 32.2. The van der Waals surface area contributed by atoms with E-state index < -0.39 is 4.92 Å². The van der Waals surface area contributed by atoms with Gasteiger partial charge in [-0.1, -0.05) is 12.1 Å². The molecule has 0 saturated carbocycles. The van der Waals surface area contributed by atoms with Gasteiger partial charge in [-0.05, 0) is 24.3 Å². The molecule has 10 heteroatoms. The largest absolute Gasteiger partial charge is 0.369 e. The maximum atomic E-state index is 12.7. The van der Waals surface area contributed by atoms with Crippen molar-refractivity contribution in [3.8, 4) is 0 Å². The second-order valence-corrected chi connectivity index (χ2v) is 9.30. The zero-order chi connectivity index (χ0) is 23.2. The topological polar surface area (TPSA) is 99.0 Å². The average Bonchev–Trinajstić information content (AvgIpc) is 2.85. The number of carbonyl (C=O) groups excluding carboxylic acids is 2. The van der Waals surface area contributed by atoms with Gasteiger partial charge in [-0.15, -0.1) is 0 Å². The molecule has 2 aromatic carbocycles. The summed E-state index contributed by atoms with van der Waals surface area (Å²) < 4.78 is 0. The van der Waals surface area contributed by atoms with Gasteiger partial charge in [0.2, 0.25) is 5.91 Å². The Morgan fingerprint density at radius 2 is 1.70 bits per heavy atom. The number of amides is 2. The summed E-state index contributed by atoms with van der Waals surface area (Å²) in [5.74, 6) is 1.79. The summed E-state index contributed by atoms with van der Waals surface area (Å²) in [4.78, 5) is 41.9. The first-order chi connectivity index (χ1) is 16.0. The number of nitrogens with zero attached hydrogens (tertiary/aromatic N) is 4. The van der Waals surface area contributed by atoms with E-state index in [2.05, 4.69) is 15.1 Å². The van der Waals surface area contributed by atoms with Crippen molar-refractivity contribution in [2.24, 2.45) is 0 Å². The Kier molecular flexibility index (Phi) is 7.46. The number of piperazine rings is 1. The molecule has 2 amide bonds. The lowest BCUT2D eigenvalue weighted by atomic mass is 10.1. The standard InChI is InChI=1S/C23H27N5O4S/c29-22(24-19-4-1-3-18(15-19)23(30)27-11-13-33-14-12-27)17-25-7-9-26(10-8-25)20-5-2-6-21(16-20)28(31)32/h1-6,15-16H,7-14,17H2,(H,24,29). The van der Waals surface area contributed by atoms with E-state index in [9.17, 15) is 19.7 Å². The Morgan fingerprint density at radius 1 is 0.970 bits per heavy atom. The molecule has 2 fully saturated rings. The number of nitrogens with one attached hydrogen (secondary N) is 1. The fourth-order valence-corrected chi connectivity index (χ4v) is 4.95. The number of nitro groups is 1. The Labute approximate surface area is 196 Å². The number of non-ortho nitro benzene ring substituents is 1. The third-order valence-corrected chi connectivity index (χ3v) is 6.78.